The second-order valence-corrected chi connectivity index (χ2v) is 4.94. The summed E-state index contributed by atoms with van der Waals surface area (Å²) in [5, 5.41) is 0. The number of carbonyl (C=O) groups is 1. The fourth-order valence-electron chi connectivity index (χ4n) is 2.06. The quantitative estimate of drug-likeness (QED) is 0.828. The summed E-state index contributed by atoms with van der Waals surface area (Å²) in [5.41, 5.74) is -0.755. The molecule has 1 aliphatic heterocycles. The standard InChI is InChI=1S/C13H16F3N3O2/c1-18(2)12(20)10-8-19(5-6-21-10)11-7-9(3-4-17-11)13(14,15)16/h3-4,7,10H,5-6,8H2,1-2H3. The van der Waals surface area contributed by atoms with E-state index in [1.54, 1.807) is 19.0 Å². The van der Waals surface area contributed by atoms with E-state index < -0.39 is 17.8 Å². The van der Waals surface area contributed by atoms with E-state index in [2.05, 4.69) is 4.98 Å². The summed E-state index contributed by atoms with van der Waals surface area (Å²) < 4.78 is 43.5. The highest BCUT2D eigenvalue weighted by Gasteiger charge is 2.33. The molecule has 0 spiro atoms. The molecule has 5 nitrogen and oxygen atoms in total. The van der Waals surface area contributed by atoms with Gasteiger partial charge in [-0.1, -0.05) is 0 Å². The number of ether oxygens (including phenoxy) is 1. The SMILES string of the molecule is CN(C)C(=O)C1CN(c2cc(C(F)(F)F)ccn2)CCO1. The Morgan fingerprint density at radius 2 is 2.19 bits per heavy atom. The van der Waals surface area contributed by atoms with Crippen molar-refractivity contribution in [3.63, 3.8) is 0 Å². The number of carbonyl (C=O) groups excluding carboxylic acids is 1. The maximum atomic E-state index is 12.7. The van der Waals surface area contributed by atoms with Gasteiger partial charge >= 0.3 is 6.18 Å². The van der Waals surface area contributed by atoms with Crippen molar-refractivity contribution in [1.82, 2.24) is 9.88 Å². The van der Waals surface area contributed by atoms with E-state index in [1.165, 1.54) is 4.90 Å². The average molecular weight is 303 g/mol. The van der Waals surface area contributed by atoms with Crippen LogP contribution < -0.4 is 4.90 Å². The van der Waals surface area contributed by atoms with Crippen LogP contribution in [0.1, 0.15) is 5.56 Å². The van der Waals surface area contributed by atoms with Gasteiger partial charge in [0, 0.05) is 26.8 Å². The van der Waals surface area contributed by atoms with Crippen LogP contribution in [0.5, 0.6) is 0 Å². The van der Waals surface area contributed by atoms with Crippen molar-refractivity contribution in [3.8, 4) is 0 Å². The summed E-state index contributed by atoms with van der Waals surface area (Å²) in [6.07, 6.45) is -3.98. The van der Waals surface area contributed by atoms with Gasteiger partial charge in [-0.2, -0.15) is 13.2 Å². The minimum Gasteiger partial charge on any atom is -0.365 e. The molecule has 21 heavy (non-hydrogen) atoms. The molecule has 1 fully saturated rings. The molecule has 0 N–H and O–H groups in total. The summed E-state index contributed by atoms with van der Waals surface area (Å²) in [7, 11) is 3.21. The Bertz CT molecular complexity index is 520. The molecule has 0 bridgehead atoms. The van der Waals surface area contributed by atoms with Crippen molar-refractivity contribution < 1.29 is 22.7 Å². The molecule has 1 amide bonds. The van der Waals surface area contributed by atoms with Crippen LogP contribution in [0.4, 0.5) is 19.0 Å². The number of morpholine rings is 1. The van der Waals surface area contributed by atoms with Crippen LogP contribution in [0.25, 0.3) is 0 Å². The van der Waals surface area contributed by atoms with Crippen LogP contribution in [0.3, 0.4) is 0 Å². The molecule has 8 heteroatoms. The predicted octanol–water partition coefficient (Wildman–Crippen LogP) is 1.39. The summed E-state index contributed by atoms with van der Waals surface area (Å²) >= 11 is 0. The molecule has 2 rings (SSSR count). The molecular formula is C13H16F3N3O2. The van der Waals surface area contributed by atoms with E-state index in [0.29, 0.717) is 6.54 Å². The van der Waals surface area contributed by atoms with Gasteiger partial charge in [0.05, 0.1) is 18.7 Å². The maximum absolute atomic E-state index is 12.7. The Hall–Kier alpha value is -1.83. The molecule has 2 heterocycles. The zero-order chi connectivity index (χ0) is 15.6. The zero-order valence-electron chi connectivity index (χ0n) is 11.7. The lowest BCUT2D eigenvalue weighted by Crippen LogP contribution is -2.49. The van der Waals surface area contributed by atoms with Crippen molar-refractivity contribution in [2.24, 2.45) is 0 Å². The Kier molecular flexibility index (Phi) is 4.36. The number of rotatable bonds is 2. The Morgan fingerprint density at radius 3 is 2.81 bits per heavy atom. The number of alkyl halides is 3. The molecule has 1 aromatic heterocycles. The molecule has 0 radical (unpaired) electrons. The van der Waals surface area contributed by atoms with Crippen LogP contribution in [-0.2, 0) is 15.7 Å². The van der Waals surface area contributed by atoms with Gasteiger partial charge < -0.3 is 14.5 Å². The van der Waals surface area contributed by atoms with Crippen LogP contribution in [0.15, 0.2) is 18.3 Å². The molecule has 0 aliphatic carbocycles. The number of likely N-dealkylation sites (N-methyl/N-ethyl adjacent to an activating group) is 1. The minimum absolute atomic E-state index is 0.186. The first kappa shape index (κ1) is 15.6. The number of hydrogen-bond donors (Lipinski definition) is 0. The Labute approximate surface area is 120 Å². The summed E-state index contributed by atoms with van der Waals surface area (Å²) in [5.74, 6) is -0.0173. The van der Waals surface area contributed by atoms with Crippen LogP contribution >= 0.6 is 0 Å². The fraction of sp³-hybridized carbons (Fsp3) is 0.538. The van der Waals surface area contributed by atoms with Gasteiger partial charge in [0.15, 0.2) is 6.10 Å². The molecule has 1 saturated heterocycles. The van der Waals surface area contributed by atoms with Gasteiger partial charge in [0.25, 0.3) is 5.91 Å². The largest absolute Gasteiger partial charge is 0.416 e. The Balaban J connectivity index is 2.16. The van der Waals surface area contributed by atoms with Crippen molar-refractivity contribution in [2.45, 2.75) is 12.3 Å². The second kappa shape index (κ2) is 5.88. The molecular weight excluding hydrogens is 287 g/mol. The molecule has 116 valence electrons. The van der Waals surface area contributed by atoms with Crippen molar-refractivity contribution in [1.29, 1.82) is 0 Å². The first-order chi connectivity index (χ1) is 9.79. The lowest BCUT2D eigenvalue weighted by molar-refractivity contribution is -0.142. The first-order valence-corrected chi connectivity index (χ1v) is 6.40. The molecule has 1 unspecified atom stereocenters. The van der Waals surface area contributed by atoms with Gasteiger partial charge in [-0.25, -0.2) is 4.98 Å². The topological polar surface area (TPSA) is 45.7 Å². The third-order valence-electron chi connectivity index (χ3n) is 3.18. The van der Waals surface area contributed by atoms with Gasteiger partial charge in [-0.15, -0.1) is 0 Å². The van der Waals surface area contributed by atoms with Crippen molar-refractivity contribution >= 4 is 11.7 Å². The van der Waals surface area contributed by atoms with E-state index in [9.17, 15) is 18.0 Å². The second-order valence-electron chi connectivity index (χ2n) is 4.94. The summed E-state index contributed by atoms with van der Waals surface area (Å²) in [6.45, 7) is 0.846. The minimum atomic E-state index is -4.41. The maximum Gasteiger partial charge on any atom is 0.416 e. The highest BCUT2D eigenvalue weighted by Crippen LogP contribution is 2.31. The smallest absolute Gasteiger partial charge is 0.365 e. The summed E-state index contributed by atoms with van der Waals surface area (Å²) in [6, 6.07) is 1.91. The van der Waals surface area contributed by atoms with E-state index in [-0.39, 0.29) is 24.9 Å². The van der Waals surface area contributed by atoms with Gasteiger partial charge in [0.1, 0.15) is 5.82 Å². The van der Waals surface area contributed by atoms with E-state index >= 15 is 0 Å². The number of halogens is 3. The number of pyridine rings is 1. The van der Waals surface area contributed by atoms with Gasteiger partial charge in [-0.3, -0.25) is 4.79 Å². The number of nitrogens with zero attached hydrogens (tertiary/aromatic N) is 3. The Morgan fingerprint density at radius 1 is 1.48 bits per heavy atom. The normalized spacial score (nSPS) is 19.5. The van der Waals surface area contributed by atoms with Gasteiger partial charge in [0.2, 0.25) is 0 Å². The zero-order valence-corrected chi connectivity index (χ0v) is 11.7. The number of hydrogen-bond acceptors (Lipinski definition) is 4. The average Bonchev–Trinajstić information content (AvgIpc) is 2.46. The van der Waals surface area contributed by atoms with Crippen molar-refractivity contribution in [2.75, 3.05) is 38.7 Å². The highest BCUT2D eigenvalue weighted by atomic mass is 19.4. The van der Waals surface area contributed by atoms with E-state index in [4.69, 9.17) is 4.74 Å². The number of aromatic nitrogens is 1. The monoisotopic (exact) mass is 303 g/mol. The number of anilines is 1. The van der Waals surface area contributed by atoms with E-state index in [1.807, 2.05) is 0 Å². The third kappa shape index (κ3) is 3.63. The van der Waals surface area contributed by atoms with Crippen LogP contribution in [-0.4, -0.2) is 55.7 Å². The lowest BCUT2D eigenvalue weighted by atomic mass is 10.2. The van der Waals surface area contributed by atoms with Crippen molar-refractivity contribution in [3.05, 3.63) is 23.9 Å². The fourth-order valence-corrected chi connectivity index (χ4v) is 2.06. The summed E-state index contributed by atoms with van der Waals surface area (Å²) in [4.78, 5) is 18.9. The molecule has 0 aromatic carbocycles. The van der Waals surface area contributed by atoms with E-state index in [0.717, 1.165) is 18.3 Å². The third-order valence-corrected chi connectivity index (χ3v) is 3.18. The predicted molar refractivity (Wildman–Crippen MR) is 69.9 cm³/mol. The molecule has 0 saturated carbocycles. The molecule has 1 aliphatic rings. The van der Waals surface area contributed by atoms with Crippen LogP contribution in [0, 0.1) is 0 Å². The van der Waals surface area contributed by atoms with Gasteiger partial charge in [-0.05, 0) is 12.1 Å². The lowest BCUT2D eigenvalue weighted by Gasteiger charge is -2.34. The highest BCUT2D eigenvalue weighted by molar-refractivity contribution is 5.81. The van der Waals surface area contributed by atoms with Crippen LogP contribution in [0.2, 0.25) is 0 Å². The first-order valence-electron chi connectivity index (χ1n) is 6.40. The molecule has 1 atom stereocenters. The molecule has 1 aromatic rings. The number of amides is 1.